The first-order valence-electron chi connectivity index (χ1n) is 3.00. The zero-order valence-electron chi connectivity index (χ0n) is 5.07. The standard InChI is InChI=1S/C6H9BO2/c7-5-3-4(8)1-2-6(5)9/h1-2,4-6,8-9H,3H2/t4-,5?,6?/m1/s1. The van der Waals surface area contributed by atoms with E-state index < -0.39 is 12.2 Å². The Kier molecular flexibility index (Phi) is 1.93. The van der Waals surface area contributed by atoms with E-state index in [4.69, 9.17) is 18.1 Å². The molecule has 1 rings (SSSR count). The highest BCUT2D eigenvalue weighted by Crippen LogP contribution is 2.20. The third kappa shape index (κ3) is 1.56. The van der Waals surface area contributed by atoms with Crippen LogP contribution in [-0.2, 0) is 0 Å². The van der Waals surface area contributed by atoms with Gasteiger partial charge in [0.25, 0.3) is 0 Å². The maximum Gasteiger partial charge on any atom is 0.0740 e. The largest absolute Gasteiger partial charge is 0.390 e. The van der Waals surface area contributed by atoms with Crippen molar-refractivity contribution in [2.24, 2.45) is 0 Å². The first kappa shape index (κ1) is 6.84. The van der Waals surface area contributed by atoms with Gasteiger partial charge in [0.1, 0.15) is 0 Å². The quantitative estimate of drug-likeness (QED) is 0.341. The van der Waals surface area contributed by atoms with Gasteiger partial charge < -0.3 is 10.2 Å². The van der Waals surface area contributed by atoms with E-state index in [-0.39, 0.29) is 5.82 Å². The summed E-state index contributed by atoms with van der Waals surface area (Å²) >= 11 is 0. The fraction of sp³-hybridized carbons (Fsp3) is 0.667. The molecule has 0 bridgehead atoms. The molecule has 2 nitrogen and oxygen atoms in total. The molecule has 2 unspecified atom stereocenters. The summed E-state index contributed by atoms with van der Waals surface area (Å²) in [6, 6.07) is 0. The van der Waals surface area contributed by atoms with Crippen molar-refractivity contribution in [1.29, 1.82) is 0 Å². The molecule has 2 radical (unpaired) electrons. The molecule has 1 aliphatic rings. The van der Waals surface area contributed by atoms with Gasteiger partial charge in [0.05, 0.1) is 20.1 Å². The van der Waals surface area contributed by atoms with E-state index in [1.807, 2.05) is 0 Å². The summed E-state index contributed by atoms with van der Waals surface area (Å²) in [5, 5.41) is 17.9. The average Bonchev–Trinajstić information content (AvgIpc) is 1.80. The predicted molar refractivity (Wildman–Crippen MR) is 35.3 cm³/mol. The molecule has 2 N–H and O–H groups in total. The second-order valence-corrected chi connectivity index (χ2v) is 2.34. The minimum Gasteiger partial charge on any atom is -0.390 e. The molecule has 1 aliphatic carbocycles. The van der Waals surface area contributed by atoms with Gasteiger partial charge >= 0.3 is 0 Å². The van der Waals surface area contributed by atoms with Gasteiger partial charge in [0, 0.05) is 0 Å². The van der Waals surface area contributed by atoms with Crippen LogP contribution in [0, 0.1) is 0 Å². The van der Waals surface area contributed by atoms with Crippen molar-refractivity contribution >= 4 is 7.85 Å². The molecule has 3 heteroatoms. The Labute approximate surface area is 55.6 Å². The van der Waals surface area contributed by atoms with Gasteiger partial charge in [-0.15, -0.1) is 0 Å². The van der Waals surface area contributed by atoms with E-state index in [0.29, 0.717) is 6.42 Å². The van der Waals surface area contributed by atoms with Crippen molar-refractivity contribution in [2.45, 2.75) is 24.4 Å². The second kappa shape index (κ2) is 2.54. The Balaban J connectivity index is 2.54. The van der Waals surface area contributed by atoms with Crippen molar-refractivity contribution in [2.75, 3.05) is 0 Å². The van der Waals surface area contributed by atoms with Gasteiger partial charge in [-0.05, 0) is 12.2 Å². The van der Waals surface area contributed by atoms with Crippen LogP contribution >= 0.6 is 0 Å². The SMILES string of the molecule is [B]C1C[C@H](O)C=CC1O. The predicted octanol–water partition coefficient (Wildman–Crippen LogP) is -0.375. The third-order valence-electron chi connectivity index (χ3n) is 1.48. The van der Waals surface area contributed by atoms with Gasteiger partial charge in [-0.1, -0.05) is 12.2 Å². The number of aliphatic hydroxyl groups excluding tert-OH is 2. The summed E-state index contributed by atoms with van der Waals surface area (Å²) in [5.74, 6) is -0.301. The molecule has 0 spiro atoms. The summed E-state index contributed by atoms with van der Waals surface area (Å²) < 4.78 is 0. The maximum atomic E-state index is 8.97. The van der Waals surface area contributed by atoms with Gasteiger partial charge in [-0.3, -0.25) is 0 Å². The monoisotopic (exact) mass is 124 g/mol. The maximum absolute atomic E-state index is 8.97. The van der Waals surface area contributed by atoms with Crippen molar-refractivity contribution < 1.29 is 10.2 Å². The number of aliphatic hydroxyl groups is 2. The first-order valence-corrected chi connectivity index (χ1v) is 3.00. The Morgan fingerprint density at radius 2 is 2.00 bits per heavy atom. The van der Waals surface area contributed by atoms with E-state index >= 15 is 0 Å². The summed E-state index contributed by atoms with van der Waals surface area (Å²) in [7, 11) is 5.41. The molecule has 9 heavy (non-hydrogen) atoms. The molecule has 48 valence electrons. The molecule has 0 aromatic heterocycles. The molecule has 0 fully saturated rings. The lowest BCUT2D eigenvalue weighted by Crippen LogP contribution is -2.22. The van der Waals surface area contributed by atoms with Crippen molar-refractivity contribution in [3.05, 3.63) is 12.2 Å². The lowest BCUT2D eigenvalue weighted by Gasteiger charge is -2.22. The van der Waals surface area contributed by atoms with Gasteiger partial charge in [-0.25, -0.2) is 0 Å². The number of hydrogen-bond acceptors (Lipinski definition) is 2. The Morgan fingerprint density at radius 3 is 2.44 bits per heavy atom. The molecule has 0 saturated carbocycles. The topological polar surface area (TPSA) is 40.5 Å². The lowest BCUT2D eigenvalue weighted by molar-refractivity contribution is 0.147. The summed E-state index contributed by atoms with van der Waals surface area (Å²) in [6.07, 6.45) is 2.50. The molecule has 0 saturated heterocycles. The fourth-order valence-corrected chi connectivity index (χ4v) is 0.882. The summed E-state index contributed by atoms with van der Waals surface area (Å²) in [6.45, 7) is 0. The van der Waals surface area contributed by atoms with Crippen LogP contribution in [0.4, 0.5) is 0 Å². The van der Waals surface area contributed by atoms with Crippen LogP contribution in [0.3, 0.4) is 0 Å². The van der Waals surface area contributed by atoms with Crippen LogP contribution in [-0.4, -0.2) is 30.3 Å². The van der Waals surface area contributed by atoms with Crippen molar-refractivity contribution in [3.63, 3.8) is 0 Å². The number of rotatable bonds is 0. The van der Waals surface area contributed by atoms with Crippen LogP contribution in [0.15, 0.2) is 12.2 Å². The van der Waals surface area contributed by atoms with Crippen LogP contribution < -0.4 is 0 Å². The average molecular weight is 124 g/mol. The van der Waals surface area contributed by atoms with E-state index in [9.17, 15) is 0 Å². The molecule has 3 atom stereocenters. The Bertz CT molecular complexity index is 124. The zero-order valence-corrected chi connectivity index (χ0v) is 5.07. The van der Waals surface area contributed by atoms with Crippen molar-refractivity contribution in [3.8, 4) is 0 Å². The van der Waals surface area contributed by atoms with Crippen LogP contribution in [0.2, 0.25) is 5.82 Å². The van der Waals surface area contributed by atoms with E-state index in [2.05, 4.69) is 0 Å². The minimum absolute atomic E-state index is 0.301. The highest BCUT2D eigenvalue weighted by atomic mass is 16.3. The molecule has 0 aliphatic heterocycles. The van der Waals surface area contributed by atoms with Gasteiger partial charge in [0.15, 0.2) is 0 Å². The Hall–Kier alpha value is -0.275. The highest BCUT2D eigenvalue weighted by molar-refractivity contribution is 6.12. The van der Waals surface area contributed by atoms with Crippen LogP contribution in [0.1, 0.15) is 6.42 Å². The third-order valence-corrected chi connectivity index (χ3v) is 1.48. The fourth-order valence-electron chi connectivity index (χ4n) is 0.882. The van der Waals surface area contributed by atoms with Crippen LogP contribution in [0.5, 0.6) is 0 Å². The molecule has 0 heterocycles. The normalized spacial score (nSPS) is 43.1. The molecule has 0 amide bonds. The Morgan fingerprint density at radius 1 is 1.33 bits per heavy atom. The molecule has 0 aromatic carbocycles. The van der Waals surface area contributed by atoms with Gasteiger partial charge in [-0.2, -0.15) is 0 Å². The number of hydrogen-bond donors (Lipinski definition) is 2. The molecular weight excluding hydrogens is 115 g/mol. The first-order chi connectivity index (χ1) is 4.20. The summed E-state index contributed by atoms with van der Waals surface area (Å²) in [4.78, 5) is 0. The van der Waals surface area contributed by atoms with E-state index in [1.54, 1.807) is 6.08 Å². The highest BCUT2D eigenvalue weighted by Gasteiger charge is 2.18. The smallest absolute Gasteiger partial charge is 0.0740 e. The van der Waals surface area contributed by atoms with E-state index in [0.717, 1.165) is 0 Å². The van der Waals surface area contributed by atoms with Gasteiger partial charge in [0.2, 0.25) is 0 Å². The van der Waals surface area contributed by atoms with Crippen LogP contribution in [0.25, 0.3) is 0 Å². The van der Waals surface area contributed by atoms with Crippen molar-refractivity contribution in [1.82, 2.24) is 0 Å². The van der Waals surface area contributed by atoms with E-state index in [1.165, 1.54) is 6.08 Å². The molecular formula is C6H9BO2. The summed E-state index contributed by atoms with van der Waals surface area (Å²) in [5.41, 5.74) is 0. The zero-order chi connectivity index (χ0) is 6.85. The lowest BCUT2D eigenvalue weighted by atomic mass is 9.75. The minimum atomic E-state index is -0.576. The second-order valence-electron chi connectivity index (χ2n) is 2.34. The molecule has 0 aromatic rings.